The summed E-state index contributed by atoms with van der Waals surface area (Å²) in [6, 6.07) is 9.91. The van der Waals surface area contributed by atoms with Crippen molar-refractivity contribution in [2.45, 2.75) is 33.9 Å². The van der Waals surface area contributed by atoms with Crippen molar-refractivity contribution in [2.75, 3.05) is 6.54 Å². The first-order chi connectivity index (χ1) is 12.1. The molecule has 0 N–H and O–H groups in total. The van der Waals surface area contributed by atoms with E-state index < -0.39 is 0 Å². The zero-order valence-electron chi connectivity index (χ0n) is 14.7. The number of hydrogen-bond acceptors (Lipinski definition) is 4. The first-order valence-corrected chi connectivity index (χ1v) is 9.20. The largest absolute Gasteiger partial charge is 0.334 e. The van der Waals surface area contributed by atoms with Crippen LogP contribution in [-0.4, -0.2) is 26.9 Å². The van der Waals surface area contributed by atoms with Gasteiger partial charge in [-0.2, -0.15) is 0 Å². The average molecular weight is 355 g/mol. The van der Waals surface area contributed by atoms with Gasteiger partial charge in [0.1, 0.15) is 4.83 Å². The predicted octanol–water partition coefficient (Wildman–Crippen LogP) is 3.45. The monoisotopic (exact) mass is 355 g/mol. The first kappa shape index (κ1) is 17.4. The molecular weight excluding hydrogens is 334 g/mol. The van der Waals surface area contributed by atoms with E-state index in [9.17, 15) is 9.59 Å². The van der Waals surface area contributed by atoms with Crippen molar-refractivity contribution >= 4 is 27.5 Å². The zero-order valence-corrected chi connectivity index (χ0v) is 15.5. The lowest BCUT2D eigenvalue weighted by Crippen LogP contribution is -2.30. The molecule has 0 bridgehead atoms. The van der Waals surface area contributed by atoms with Gasteiger partial charge in [-0.3, -0.25) is 14.2 Å². The van der Waals surface area contributed by atoms with Crippen LogP contribution in [0, 0.1) is 6.92 Å². The third-order valence-corrected chi connectivity index (χ3v) is 5.53. The number of benzene rings is 1. The number of amides is 1. The minimum absolute atomic E-state index is 0.0469. The molecule has 25 heavy (non-hydrogen) atoms. The smallest absolute Gasteiger partial charge is 0.264 e. The van der Waals surface area contributed by atoms with Crippen molar-refractivity contribution in [3.63, 3.8) is 0 Å². The lowest BCUT2D eigenvalue weighted by Gasteiger charge is -2.20. The number of aryl methyl sites for hydroxylation is 2. The van der Waals surface area contributed by atoms with Gasteiger partial charge in [-0.1, -0.05) is 30.3 Å². The van der Waals surface area contributed by atoms with Crippen LogP contribution in [0.1, 0.15) is 34.6 Å². The van der Waals surface area contributed by atoms with E-state index in [-0.39, 0.29) is 11.5 Å². The van der Waals surface area contributed by atoms with Gasteiger partial charge >= 0.3 is 0 Å². The number of thiophene rings is 1. The van der Waals surface area contributed by atoms with Crippen molar-refractivity contribution in [2.24, 2.45) is 0 Å². The molecule has 0 aliphatic heterocycles. The van der Waals surface area contributed by atoms with Crippen LogP contribution in [0.2, 0.25) is 0 Å². The number of aromatic nitrogens is 2. The zero-order chi connectivity index (χ0) is 18.0. The Bertz CT molecular complexity index is 960. The molecule has 0 aliphatic rings. The molecule has 2 aromatic heterocycles. The fraction of sp³-hybridized carbons (Fsp3) is 0.316. The van der Waals surface area contributed by atoms with Crippen molar-refractivity contribution in [3.8, 4) is 0 Å². The summed E-state index contributed by atoms with van der Waals surface area (Å²) < 4.78 is 1.57. The molecule has 3 aromatic rings. The average Bonchev–Trinajstić information content (AvgIpc) is 2.98. The maximum Gasteiger partial charge on any atom is 0.264 e. The first-order valence-electron chi connectivity index (χ1n) is 8.38. The molecule has 5 nitrogen and oxygen atoms in total. The maximum absolute atomic E-state index is 13.0. The van der Waals surface area contributed by atoms with Gasteiger partial charge in [-0.25, -0.2) is 4.98 Å². The topological polar surface area (TPSA) is 55.2 Å². The summed E-state index contributed by atoms with van der Waals surface area (Å²) in [6.45, 7) is 7.43. The van der Waals surface area contributed by atoms with Crippen LogP contribution in [0.3, 0.4) is 0 Å². The van der Waals surface area contributed by atoms with Gasteiger partial charge in [-0.15, -0.1) is 11.3 Å². The summed E-state index contributed by atoms with van der Waals surface area (Å²) in [5.41, 5.74) is 1.74. The highest BCUT2D eigenvalue weighted by Gasteiger charge is 2.23. The highest BCUT2D eigenvalue weighted by molar-refractivity contribution is 7.20. The van der Waals surface area contributed by atoms with E-state index in [4.69, 9.17) is 0 Å². The maximum atomic E-state index is 13.0. The summed E-state index contributed by atoms with van der Waals surface area (Å²) in [5.74, 6) is -0.0469. The molecule has 0 radical (unpaired) electrons. The van der Waals surface area contributed by atoms with Crippen molar-refractivity contribution in [3.05, 3.63) is 63.0 Å². The Labute approximate surface area is 150 Å². The van der Waals surface area contributed by atoms with Crippen molar-refractivity contribution in [1.82, 2.24) is 14.5 Å². The van der Waals surface area contributed by atoms with E-state index in [0.29, 0.717) is 34.7 Å². The number of carbonyl (C=O) groups is 1. The molecular formula is C19H21N3O2S. The minimum Gasteiger partial charge on any atom is -0.334 e. The van der Waals surface area contributed by atoms with Crippen LogP contribution >= 0.6 is 11.3 Å². The normalized spacial score (nSPS) is 11.0. The van der Waals surface area contributed by atoms with E-state index in [0.717, 1.165) is 11.1 Å². The molecule has 0 saturated carbocycles. The van der Waals surface area contributed by atoms with E-state index in [1.807, 2.05) is 51.1 Å². The summed E-state index contributed by atoms with van der Waals surface area (Å²) >= 11 is 1.30. The van der Waals surface area contributed by atoms with E-state index in [1.165, 1.54) is 11.3 Å². The van der Waals surface area contributed by atoms with Gasteiger partial charge in [0.15, 0.2) is 0 Å². The SMILES string of the molecule is CCN(Cc1ccccc1)C(=O)c1sc2ncn(CC)c(=O)c2c1C. The van der Waals surface area contributed by atoms with Crippen molar-refractivity contribution in [1.29, 1.82) is 0 Å². The molecule has 1 aromatic carbocycles. The molecule has 0 saturated heterocycles. The molecule has 0 atom stereocenters. The van der Waals surface area contributed by atoms with Crippen LogP contribution in [0.4, 0.5) is 0 Å². The van der Waals surface area contributed by atoms with Gasteiger partial charge in [0, 0.05) is 19.6 Å². The van der Waals surface area contributed by atoms with Crippen LogP contribution < -0.4 is 5.56 Å². The molecule has 1 amide bonds. The Morgan fingerprint density at radius 2 is 1.96 bits per heavy atom. The second-order valence-electron chi connectivity index (χ2n) is 5.88. The third-order valence-electron chi connectivity index (χ3n) is 4.34. The molecule has 0 aliphatic carbocycles. The Balaban J connectivity index is 2.00. The van der Waals surface area contributed by atoms with E-state index in [1.54, 1.807) is 15.8 Å². The lowest BCUT2D eigenvalue weighted by molar-refractivity contribution is 0.0757. The Morgan fingerprint density at radius 3 is 2.60 bits per heavy atom. The fourth-order valence-corrected chi connectivity index (χ4v) is 3.97. The highest BCUT2D eigenvalue weighted by Crippen LogP contribution is 2.28. The standard InChI is InChI=1S/C19H21N3O2S/c1-4-21(11-14-9-7-6-8-10-14)19(24)16-13(3)15-17(25-16)20-12-22(5-2)18(15)23/h6-10,12H,4-5,11H2,1-3H3. The Morgan fingerprint density at radius 1 is 1.24 bits per heavy atom. The van der Waals surface area contributed by atoms with Crippen LogP contribution in [0.25, 0.3) is 10.2 Å². The van der Waals surface area contributed by atoms with E-state index >= 15 is 0 Å². The van der Waals surface area contributed by atoms with Crippen LogP contribution in [-0.2, 0) is 13.1 Å². The van der Waals surface area contributed by atoms with Gasteiger partial charge in [-0.05, 0) is 31.9 Å². The summed E-state index contributed by atoms with van der Waals surface area (Å²) in [6.07, 6.45) is 1.55. The number of rotatable bonds is 5. The van der Waals surface area contributed by atoms with Crippen molar-refractivity contribution < 1.29 is 4.79 Å². The second kappa shape index (κ2) is 7.19. The molecule has 130 valence electrons. The highest BCUT2D eigenvalue weighted by atomic mass is 32.1. The molecule has 0 spiro atoms. The van der Waals surface area contributed by atoms with Gasteiger partial charge < -0.3 is 4.90 Å². The lowest BCUT2D eigenvalue weighted by atomic mass is 10.1. The van der Waals surface area contributed by atoms with Crippen LogP contribution in [0.5, 0.6) is 0 Å². The van der Waals surface area contributed by atoms with Gasteiger partial charge in [0.25, 0.3) is 11.5 Å². The van der Waals surface area contributed by atoms with Crippen LogP contribution in [0.15, 0.2) is 41.5 Å². The third kappa shape index (κ3) is 3.22. The number of nitrogens with zero attached hydrogens (tertiary/aromatic N) is 3. The molecule has 2 heterocycles. The predicted molar refractivity (Wildman–Crippen MR) is 101 cm³/mol. The Hall–Kier alpha value is -2.47. The second-order valence-corrected chi connectivity index (χ2v) is 6.88. The molecule has 0 unspecified atom stereocenters. The summed E-state index contributed by atoms with van der Waals surface area (Å²) in [4.78, 5) is 33.0. The van der Waals surface area contributed by atoms with Gasteiger partial charge in [0.2, 0.25) is 0 Å². The number of hydrogen-bond donors (Lipinski definition) is 0. The van der Waals surface area contributed by atoms with Gasteiger partial charge in [0.05, 0.1) is 16.6 Å². The Kier molecular flexibility index (Phi) is 4.99. The fourth-order valence-electron chi connectivity index (χ4n) is 2.86. The molecule has 0 fully saturated rings. The summed E-state index contributed by atoms with van der Waals surface area (Å²) in [5, 5.41) is 0.563. The molecule has 6 heteroatoms. The quantitative estimate of drug-likeness (QED) is 0.704. The minimum atomic E-state index is -0.0774. The molecule has 3 rings (SSSR count). The summed E-state index contributed by atoms with van der Waals surface area (Å²) in [7, 11) is 0. The number of fused-ring (bicyclic) bond motifs is 1. The number of carbonyl (C=O) groups excluding carboxylic acids is 1. The van der Waals surface area contributed by atoms with E-state index in [2.05, 4.69) is 4.98 Å².